The quantitative estimate of drug-likeness (QED) is 0.680. The molecule has 0 unspecified atom stereocenters. The van der Waals surface area contributed by atoms with Crippen LogP contribution in [0.1, 0.15) is 39.0 Å². The predicted molar refractivity (Wildman–Crippen MR) is 62.9 cm³/mol. The lowest BCUT2D eigenvalue weighted by Crippen LogP contribution is -2.07. The van der Waals surface area contributed by atoms with E-state index in [-0.39, 0.29) is 17.9 Å². The lowest BCUT2D eigenvalue weighted by Gasteiger charge is -2.04. The zero-order chi connectivity index (χ0) is 11.8. The number of aromatic nitrogens is 3. The molecule has 4 N–H and O–H groups in total. The van der Waals surface area contributed by atoms with Crippen molar-refractivity contribution >= 4 is 11.9 Å². The van der Waals surface area contributed by atoms with Gasteiger partial charge in [-0.25, -0.2) is 0 Å². The zero-order valence-corrected chi connectivity index (χ0v) is 9.65. The van der Waals surface area contributed by atoms with Gasteiger partial charge in [-0.1, -0.05) is 32.6 Å². The Morgan fingerprint density at radius 1 is 0.938 bits per heavy atom. The van der Waals surface area contributed by atoms with Crippen molar-refractivity contribution in [1.82, 2.24) is 15.0 Å². The molecule has 0 aromatic carbocycles. The van der Waals surface area contributed by atoms with E-state index in [2.05, 4.69) is 21.9 Å². The molecule has 0 saturated heterocycles. The van der Waals surface area contributed by atoms with Crippen LogP contribution in [0.25, 0.3) is 0 Å². The first kappa shape index (κ1) is 12.5. The van der Waals surface area contributed by atoms with Crippen LogP contribution in [0, 0.1) is 0 Å². The van der Waals surface area contributed by atoms with Crippen LogP contribution >= 0.6 is 0 Å². The number of nitrogen functional groups attached to an aromatic ring is 2. The molecule has 90 valence electrons. The third kappa shape index (κ3) is 4.77. The Bertz CT molecular complexity index is 298. The number of nitrogens with zero attached hydrogens (tertiary/aromatic N) is 3. The first-order valence-electron chi connectivity index (χ1n) is 5.62. The second kappa shape index (κ2) is 6.81. The Hall–Kier alpha value is -1.59. The van der Waals surface area contributed by atoms with E-state index < -0.39 is 0 Å². The number of hydrogen-bond acceptors (Lipinski definition) is 6. The van der Waals surface area contributed by atoms with Crippen molar-refractivity contribution in [2.75, 3.05) is 18.1 Å². The molecule has 0 bridgehead atoms. The highest BCUT2D eigenvalue weighted by Crippen LogP contribution is 2.08. The number of anilines is 2. The Morgan fingerprint density at radius 2 is 1.56 bits per heavy atom. The van der Waals surface area contributed by atoms with Gasteiger partial charge in [0.2, 0.25) is 11.9 Å². The molecule has 0 aliphatic carbocycles. The van der Waals surface area contributed by atoms with Crippen molar-refractivity contribution in [3.63, 3.8) is 0 Å². The van der Waals surface area contributed by atoms with Crippen LogP contribution in [-0.4, -0.2) is 21.6 Å². The lowest BCUT2D eigenvalue weighted by molar-refractivity contribution is 0.281. The Morgan fingerprint density at radius 3 is 2.19 bits per heavy atom. The summed E-state index contributed by atoms with van der Waals surface area (Å²) in [4.78, 5) is 11.3. The maximum absolute atomic E-state index is 5.41. The van der Waals surface area contributed by atoms with E-state index in [0.29, 0.717) is 6.61 Å². The molecule has 0 amide bonds. The summed E-state index contributed by atoms with van der Waals surface area (Å²) in [6.07, 6.45) is 5.89. The summed E-state index contributed by atoms with van der Waals surface area (Å²) in [6.45, 7) is 2.78. The van der Waals surface area contributed by atoms with E-state index in [4.69, 9.17) is 16.2 Å². The monoisotopic (exact) mass is 225 g/mol. The molecule has 0 saturated carbocycles. The van der Waals surface area contributed by atoms with Gasteiger partial charge in [-0.15, -0.1) is 0 Å². The highest BCUT2D eigenvalue weighted by atomic mass is 16.5. The number of hydrogen-bond donors (Lipinski definition) is 2. The fourth-order valence-electron chi connectivity index (χ4n) is 1.32. The molecular formula is C10H19N5O. The zero-order valence-electron chi connectivity index (χ0n) is 9.65. The average Bonchev–Trinajstić information content (AvgIpc) is 2.22. The number of ether oxygens (including phenoxy) is 1. The molecule has 0 aliphatic rings. The first-order valence-corrected chi connectivity index (χ1v) is 5.62. The van der Waals surface area contributed by atoms with Gasteiger partial charge in [0, 0.05) is 0 Å². The van der Waals surface area contributed by atoms with Gasteiger partial charge in [-0.2, -0.15) is 15.0 Å². The van der Waals surface area contributed by atoms with Crippen molar-refractivity contribution in [1.29, 1.82) is 0 Å². The van der Waals surface area contributed by atoms with Crippen LogP contribution in [0.2, 0.25) is 0 Å². The average molecular weight is 225 g/mol. The van der Waals surface area contributed by atoms with Crippen LogP contribution in [0.3, 0.4) is 0 Å². The van der Waals surface area contributed by atoms with E-state index in [1.807, 2.05) is 0 Å². The molecule has 0 aliphatic heterocycles. The van der Waals surface area contributed by atoms with Gasteiger partial charge < -0.3 is 16.2 Å². The van der Waals surface area contributed by atoms with Crippen LogP contribution in [0.5, 0.6) is 6.01 Å². The van der Waals surface area contributed by atoms with Gasteiger partial charge >= 0.3 is 6.01 Å². The van der Waals surface area contributed by atoms with Crippen molar-refractivity contribution < 1.29 is 4.74 Å². The highest BCUT2D eigenvalue weighted by molar-refractivity contribution is 5.27. The summed E-state index contributed by atoms with van der Waals surface area (Å²) in [5.74, 6) is 0.182. The van der Waals surface area contributed by atoms with E-state index >= 15 is 0 Å². The van der Waals surface area contributed by atoms with Crippen LogP contribution < -0.4 is 16.2 Å². The largest absolute Gasteiger partial charge is 0.463 e. The molecule has 6 nitrogen and oxygen atoms in total. The molecule has 0 radical (unpaired) electrons. The standard InChI is InChI=1S/C10H19N5O/c1-2-3-4-5-6-7-16-10-14-8(11)13-9(12)15-10/h2-7H2,1H3,(H4,11,12,13,14,15). The Balaban J connectivity index is 2.21. The summed E-state index contributed by atoms with van der Waals surface area (Å²) < 4.78 is 5.33. The molecule has 0 spiro atoms. The maximum atomic E-state index is 5.41. The first-order chi connectivity index (χ1) is 7.72. The van der Waals surface area contributed by atoms with Crippen LogP contribution in [-0.2, 0) is 0 Å². The van der Waals surface area contributed by atoms with Crippen molar-refractivity contribution in [2.45, 2.75) is 39.0 Å². The second-order valence-electron chi connectivity index (χ2n) is 3.60. The van der Waals surface area contributed by atoms with E-state index in [0.717, 1.165) is 12.8 Å². The SMILES string of the molecule is CCCCCCCOc1nc(N)nc(N)n1. The Labute approximate surface area is 95.4 Å². The van der Waals surface area contributed by atoms with Crippen molar-refractivity contribution in [3.8, 4) is 6.01 Å². The van der Waals surface area contributed by atoms with E-state index in [1.165, 1.54) is 19.3 Å². The van der Waals surface area contributed by atoms with Gasteiger partial charge in [-0.05, 0) is 6.42 Å². The third-order valence-corrected chi connectivity index (χ3v) is 2.13. The maximum Gasteiger partial charge on any atom is 0.323 e. The molecule has 0 fully saturated rings. The summed E-state index contributed by atoms with van der Waals surface area (Å²) in [7, 11) is 0. The molecule has 1 heterocycles. The van der Waals surface area contributed by atoms with E-state index in [1.54, 1.807) is 0 Å². The third-order valence-electron chi connectivity index (χ3n) is 2.13. The molecule has 6 heteroatoms. The van der Waals surface area contributed by atoms with Gasteiger partial charge in [-0.3, -0.25) is 0 Å². The molecule has 16 heavy (non-hydrogen) atoms. The molecular weight excluding hydrogens is 206 g/mol. The van der Waals surface area contributed by atoms with Crippen LogP contribution in [0.4, 0.5) is 11.9 Å². The van der Waals surface area contributed by atoms with Crippen molar-refractivity contribution in [2.24, 2.45) is 0 Å². The minimum absolute atomic E-state index is 0.0912. The topological polar surface area (TPSA) is 99.9 Å². The predicted octanol–water partition coefficient (Wildman–Crippen LogP) is 1.39. The minimum Gasteiger partial charge on any atom is -0.463 e. The summed E-state index contributed by atoms with van der Waals surface area (Å²) in [5.41, 5.74) is 10.8. The van der Waals surface area contributed by atoms with Gasteiger partial charge in [0.1, 0.15) is 0 Å². The number of unbranched alkanes of at least 4 members (excludes halogenated alkanes) is 4. The van der Waals surface area contributed by atoms with Crippen LogP contribution in [0.15, 0.2) is 0 Å². The van der Waals surface area contributed by atoms with E-state index in [9.17, 15) is 0 Å². The second-order valence-corrected chi connectivity index (χ2v) is 3.60. The fraction of sp³-hybridized carbons (Fsp3) is 0.700. The molecule has 0 atom stereocenters. The number of rotatable bonds is 7. The highest BCUT2D eigenvalue weighted by Gasteiger charge is 2.01. The van der Waals surface area contributed by atoms with Gasteiger partial charge in [0.05, 0.1) is 6.61 Å². The summed E-state index contributed by atoms with van der Waals surface area (Å²) in [6, 6.07) is 0.209. The normalized spacial score (nSPS) is 10.3. The summed E-state index contributed by atoms with van der Waals surface area (Å²) in [5, 5.41) is 0. The molecule has 1 rings (SSSR count). The van der Waals surface area contributed by atoms with Crippen molar-refractivity contribution in [3.05, 3.63) is 0 Å². The summed E-state index contributed by atoms with van der Waals surface area (Å²) >= 11 is 0. The molecule has 1 aromatic rings. The lowest BCUT2D eigenvalue weighted by atomic mass is 10.2. The smallest absolute Gasteiger partial charge is 0.323 e. The number of nitrogens with two attached hydrogens (primary N) is 2. The minimum atomic E-state index is 0.0912. The fourth-order valence-corrected chi connectivity index (χ4v) is 1.32. The molecule has 1 aromatic heterocycles. The van der Waals surface area contributed by atoms with Gasteiger partial charge in [0.25, 0.3) is 0 Å². The van der Waals surface area contributed by atoms with Gasteiger partial charge in [0.15, 0.2) is 0 Å². The Kier molecular flexibility index (Phi) is 5.31.